The van der Waals surface area contributed by atoms with E-state index in [1.165, 1.54) is 0 Å². The van der Waals surface area contributed by atoms with Gasteiger partial charge < -0.3 is 15.8 Å². The molecule has 1 aliphatic heterocycles. The van der Waals surface area contributed by atoms with E-state index in [1.54, 1.807) is 6.92 Å². The Labute approximate surface area is 76.8 Å². The Morgan fingerprint density at radius 2 is 2.62 bits per heavy atom. The lowest BCUT2D eigenvalue weighted by molar-refractivity contribution is -0.130. The minimum atomic E-state index is -0.684. The number of carbonyl (C=O) groups excluding carboxylic acids is 1. The second-order valence-electron chi connectivity index (χ2n) is 3.38. The summed E-state index contributed by atoms with van der Waals surface area (Å²) in [5, 5.41) is 10.8. The Hall–Kier alpha value is -1.12. The third kappa shape index (κ3) is 1.79. The van der Waals surface area contributed by atoms with Crippen LogP contribution in [0.1, 0.15) is 6.92 Å². The van der Waals surface area contributed by atoms with Crippen LogP contribution in [0.15, 0.2) is 0 Å². The molecule has 1 amide bonds. The standard InChI is InChI=1S/C8H13N3O2/c1-8(5-13-4-6(8)10)7(12)11-3-2-9/h6H,3-5,10H2,1H3,(H,11,12). The third-order valence-electron chi connectivity index (χ3n) is 2.36. The molecule has 0 aromatic heterocycles. The molecule has 1 saturated heterocycles. The third-order valence-corrected chi connectivity index (χ3v) is 2.36. The molecule has 2 unspecified atom stereocenters. The monoisotopic (exact) mass is 183 g/mol. The van der Waals surface area contributed by atoms with Gasteiger partial charge >= 0.3 is 0 Å². The predicted octanol–water partition coefficient (Wildman–Crippen LogP) is -1.01. The lowest BCUT2D eigenvalue weighted by Crippen LogP contribution is -2.49. The minimum Gasteiger partial charge on any atom is -0.379 e. The molecule has 0 aliphatic carbocycles. The molecular formula is C8H13N3O2. The summed E-state index contributed by atoms with van der Waals surface area (Å²) in [6.45, 7) is 2.49. The topological polar surface area (TPSA) is 88.1 Å². The van der Waals surface area contributed by atoms with Crippen molar-refractivity contribution in [2.75, 3.05) is 19.8 Å². The van der Waals surface area contributed by atoms with E-state index in [9.17, 15) is 4.79 Å². The number of amides is 1. The highest BCUT2D eigenvalue weighted by molar-refractivity contribution is 5.83. The van der Waals surface area contributed by atoms with Gasteiger partial charge in [-0.05, 0) is 6.92 Å². The lowest BCUT2D eigenvalue weighted by atomic mass is 9.85. The van der Waals surface area contributed by atoms with Gasteiger partial charge in [-0.25, -0.2) is 0 Å². The van der Waals surface area contributed by atoms with Crippen molar-refractivity contribution >= 4 is 5.91 Å². The van der Waals surface area contributed by atoms with Crippen LogP contribution >= 0.6 is 0 Å². The molecule has 1 rings (SSSR count). The summed E-state index contributed by atoms with van der Waals surface area (Å²) in [6, 6.07) is 1.55. The molecule has 3 N–H and O–H groups in total. The van der Waals surface area contributed by atoms with Gasteiger partial charge in [0.15, 0.2) is 0 Å². The van der Waals surface area contributed by atoms with Crippen molar-refractivity contribution in [3.63, 3.8) is 0 Å². The van der Waals surface area contributed by atoms with Gasteiger partial charge in [-0.2, -0.15) is 5.26 Å². The van der Waals surface area contributed by atoms with Crippen LogP contribution in [0.2, 0.25) is 0 Å². The highest BCUT2D eigenvalue weighted by Gasteiger charge is 2.44. The normalized spacial score (nSPS) is 32.5. The molecular weight excluding hydrogens is 170 g/mol. The average Bonchev–Trinajstić information content (AvgIpc) is 2.44. The molecule has 0 spiro atoms. The summed E-state index contributed by atoms with van der Waals surface area (Å²) in [5.74, 6) is -0.209. The Balaban J connectivity index is 2.59. The van der Waals surface area contributed by atoms with Crippen LogP contribution in [0.25, 0.3) is 0 Å². The maximum atomic E-state index is 11.5. The summed E-state index contributed by atoms with van der Waals surface area (Å²) in [4.78, 5) is 11.5. The van der Waals surface area contributed by atoms with E-state index in [0.29, 0.717) is 13.2 Å². The molecule has 1 heterocycles. The molecule has 2 atom stereocenters. The molecule has 0 saturated carbocycles. The van der Waals surface area contributed by atoms with Crippen LogP contribution in [-0.4, -0.2) is 31.7 Å². The van der Waals surface area contributed by atoms with E-state index in [1.807, 2.05) is 6.07 Å². The van der Waals surface area contributed by atoms with Crippen LogP contribution in [0.5, 0.6) is 0 Å². The minimum absolute atomic E-state index is 0.0150. The Kier molecular flexibility index (Phi) is 2.86. The van der Waals surface area contributed by atoms with Crippen molar-refractivity contribution < 1.29 is 9.53 Å². The number of nitrogens with one attached hydrogen (secondary N) is 1. The molecule has 5 nitrogen and oxygen atoms in total. The summed E-state index contributed by atoms with van der Waals surface area (Å²) in [6.07, 6.45) is 0. The van der Waals surface area contributed by atoms with Gasteiger partial charge in [-0.3, -0.25) is 4.79 Å². The predicted molar refractivity (Wildman–Crippen MR) is 45.5 cm³/mol. The van der Waals surface area contributed by atoms with Crippen LogP contribution in [0, 0.1) is 16.7 Å². The molecule has 13 heavy (non-hydrogen) atoms. The van der Waals surface area contributed by atoms with E-state index < -0.39 is 5.41 Å². The van der Waals surface area contributed by atoms with Gasteiger partial charge in [-0.15, -0.1) is 0 Å². The number of hydrogen-bond acceptors (Lipinski definition) is 4. The van der Waals surface area contributed by atoms with Crippen LogP contribution in [0.3, 0.4) is 0 Å². The molecule has 1 fully saturated rings. The number of ether oxygens (including phenoxy) is 1. The van der Waals surface area contributed by atoms with Crippen molar-refractivity contribution in [2.45, 2.75) is 13.0 Å². The molecule has 0 radical (unpaired) electrons. The number of nitrogens with two attached hydrogens (primary N) is 1. The summed E-state index contributed by atoms with van der Waals surface area (Å²) >= 11 is 0. The average molecular weight is 183 g/mol. The summed E-state index contributed by atoms with van der Waals surface area (Å²) < 4.78 is 5.10. The van der Waals surface area contributed by atoms with Crippen LogP contribution in [-0.2, 0) is 9.53 Å². The van der Waals surface area contributed by atoms with Crippen molar-refractivity contribution in [3.8, 4) is 6.07 Å². The number of carbonyl (C=O) groups is 1. The van der Waals surface area contributed by atoms with Gasteiger partial charge in [0, 0.05) is 6.04 Å². The Morgan fingerprint density at radius 3 is 3.08 bits per heavy atom. The highest BCUT2D eigenvalue weighted by atomic mass is 16.5. The summed E-state index contributed by atoms with van der Waals surface area (Å²) in [5.41, 5.74) is 5.03. The van der Waals surface area contributed by atoms with Gasteiger partial charge in [0.25, 0.3) is 0 Å². The first kappa shape index (κ1) is 9.96. The van der Waals surface area contributed by atoms with Crippen molar-refractivity contribution in [3.05, 3.63) is 0 Å². The van der Waals surface area contributed by atoms with E-state index in [-0.39, 0.29) is 18.5 Å². The molecule has 5 heteroatoms. The number of nitriles is 1. The van der Waals surface area contributed by atoms with Crippen molar-refractivity contribution in [1.29, 1.82) is 5.26 Å². The molecule has 0 bridgehead atoms. The zero-order chi connectivity index (χ0) is 9.90. The maximum Gasteiger partial charge on any atom is 0.230 e. The van der Waals surface area contributed by atoms with Crippen LogP contribution in [0.4, 0.5) is 0 Å². The van der Waals surface area contributed by atoms with Crippen LogP contribution < -0.4 is 11.1 Å². The fourth-order valence-corrected chi connectivity index (χ4v) is 1.24. The van der Waals surface area contributed by atoms with Gasteiger partial charge in [-0.1, -0.05) is 0 Å². The van der Waals surface area contributed by atoms with E-state index in [2.05, 4.69) is 5.32 Å². The fourth-order valence-electron chi connectivity index (χ4n) is 1.24. The first-order chi connectivity index (χ1) is 6.11. The second-order valence-corrected chi connectivity index (χ2v) is 3.38. The number of nitrogens with zero attached hydrogens (tertiary/aromatic N) is 1. The van der Waals surface area contributed by atoms with Gasteiger partial charge in [0.2, 0.25) is 5.91 Å². The van der Waals surface area contributed by atoms with E-state index in [0.717, 1.165) is 0 Å². The summed E-state index contributed by atoms with van der Waals surface area (Å²) in [7, 11) is 0. The number of hydrogen-bond donors (Lipinski definition) is 2. The molecule has 0 aromatic carbocycles. The number of rotatable bonds is 2. The highest BCUT2D eigenvalue weighted by Crippen LogP contribution is 2.26. The zero-order valence-corrected chi connectivity index (χ0v) is 7.54. The van der Waals surface area contributed by atoms with E-state index >= 15 is 0 Å². The molecule has 0 aromatic rings. The van der Waals surface area contributed by atoms with Crippen molar-refractivity contribution in [2.24, 2.45) is 11.1 Å². The largest absolute Gasteiger partial charge is 0.379 e. The SMILES string of the molecule is CC1(C(=O)NCC#N)COCC1N. The lowest BCUT2D eigenvalue weighted by Gasteiger charge is -2.24. The zero-order valence-electron chi connectivity index (χ0n) is 7.54. The fraction of sp³-hybridized carbons (Fsp3) is 0.750. The Bertz CT molecular complexity index is 248. The van der Waals surface area contributed by atoms with Crippen molar-refractivity contribution in [1.82, 2.24) is 5.32 Å². The quantitative estimate of drug-likeness (QED) is 0.537. The smallest absolute Gasteiger partial charge is 0.230 e. The maximum absolute atomic E-state index is 11.5. The second kappa shape index (κ2) is 3.73. The first-order valence-electron chi connectivity index (χ1n) is 4.10. The van der Waals surface area contributed by atoms with Gasteiger partial charge in [0.1, 0.15) is 6.54 Å². The first-order valence-corrected chi connectivity index (χ1v) is 4.10. The van der Waals surface area contributed by atoms with E-state index in [4.69, 9.17) is 15.7 Å². The van der Waals surface area contributed by atoms with Gasteiger partial charge in [0.05, 0.1) is 24.7 Å². The molecule has 1 aliphatic rings. The molecule has 72 valence electrons. The Morgan fingerprint density at radius 1 is 1.92 bits per heavy atom.